The summed E-state index contributed by atoms with van der Waals surface area (Å²) in [5, 5.41) is 6.12. The maximum absolute atomic E-state index is 12.8. The Morgan fingerprint density at radius 2 is 2.04 bits per heavy atom. The van der Waals surface area contributed by atoms with Gasteiger partial charge in [0.15, 0.2) is 5.09 Å². The number of ketones is 2. The first-order valence-electron chi connectivity index (χ1n) is 7.19. The number of benzene rings is 1. The monoisotopic (exact) mass is 381 g/mol. The van der Waals surface area contributed by atoms with Gasteiger partial charge in [0, 0.05) is 16.9 Å². The van der Waals surface area contributed by atoms with Crippen molar-refractivity contribution in [2.75, 3.05) is 0 Å². The second kappa shape index (κ2) is 7.16. The van der Waals surface area contributed by atoms with E-state index in [0.717, 1.165) is 23.9 Å². The first-order valence-corrected chi connectivity index (χ1v) is 8.01. The molecule has 0 saturated heterocycles. The summed E-state index contributed by atoms with van der Waals surface area (Å²) in [5.41, 5.74) is -0.396. The highest BCUT2D eigenvalue weighted by atomic mass is 32.2. The molecule has 1 N–H and O–H groups in total. The highest BCUT2D eigenvalue weighted by molar-refractivity contribution is 7.99. The molecule has 0 aliphatic heterocycles. The highest BCUT2D eigenvalue weighted by Gasteiger charge is 2.30. The van der Waals surface area contributed by atoms with E-state index in [2.05, 4.69) is 15.2 Å². The maximum Gasteiger partial charge on any atom is 0.416 e. The molecule has 0 saturated carbocycles. The van der Waals surface area contributed by atoms with Crippen LogP contribution >= 0.6 is 11.8 Å². The summed E-state index contributed by atoms with van der Waals surface area (Å²) in [6.07, 6.45) is -2.25. The molecule has 6 nitrogen and oxygen atoms in total. The molecular formula is C16H10F3N3O3S. The van der Waals surface area contributed by atoms with E-state index in [1.54, 1.807) is 0 Å². The lowest BCUT2D eigenvalue weighted by atomic mass is 10.1. The van der Waals surface area contributed by atoms with Crippen LogP contribution < -0.4 is 0 Å². The minimum Gasteiger partial charge on any atom is -0.457 e. The molecule has 0 unspecified atom stereocenters. The molecule has 3 aromatic rings. The molecule has 2 aromatic heterocycles. The van der Waals surface area contributed by atoms with Crippen molar-refractivity contribution in [3.8, 4) is 0 Å². The number of aromatic amines is 1. The summed E-state index contributed by atoms with van der Waals surface area (Å²) < 4.78 is 43.6. The molecule has 0 aliphatic carbocycles. The molecule has 10 heteroatoms. The molecule has 2 heterocycles. The van der Waals surface area contributed by atoms with Crippen LogP contribution in [0.25, 0.3) is 0 Å². The van der Waals surface area contributed by atoms with Crippen LogP contribution in [-0.2, 0) is 17.4 Å². The van der Waals surface area contributed by atoms with Gasteiger partial charge in [-0.1, -0.05) is 17.8 Å². The summed E-state index contributed by atoms with van der Waals surface area (Å²) in [7, 11) is 0. The minimum atomic E-state index is -4.46. The van der Waals surface area contributed by atoms with Gasteiger partial charge in [0.05, 0.1) is 11.8 Å². The molecule has 0 atom stereocenters. The number of alkyl halides is 3. The zero-order chi connectivity index (χ0) is 18.7. The number of furan rings is 1. The number of H-pyrrole nitrogens is 1. The molecule has 0 spiro atoms. The lowest BCUT2D eigenvalue weighted by Gasteiger charge is -2.08. The maximum atomic E-state index is 12.8. The smallest absolute Gasteiger partial charge is 0.416 e. The van der Waals surface area contributed by atoms with Crippen LogP contribution in [0.4, 0.5) is 13.2 Å². The molecule has 1 aromatic carbocycles. The van der Waals surface area contributed by atoms with E-state index in [-0.39, 0.29) is 17.3 Å². The first-order chi connectivity index (χ1) is 12.3. The van der Waals surface area contributed by atoms with Crippen molar-refractivity contribution in [1.29, 1.82) is 0 Å². The van der Waals surface area contributed by atoms with Crippen LogP contribution in [0.15, 0.2) is 57.3 Å². The topological polar surface area (TPSA) is 88.9 Å². The van der Waals surface area contributed by atoms with Gasteiger partial charge in [0.25, 0.3) is 5.78 Å². The van der Waals surface area contributed by atoms with Crippen LogP contribution in [0.3, 0.4) is 0 Å². The Morgan fingerprint density at radius 1 is 1.23 bits per heavy atom. The van der Waals surface area contributed by atoms with Crippen molar-refractivity contribution < 1.29 is 27.2 Å². The van der Waals surface area contributed by atoms with Crippen molar-refractivity contribution in [1.82, 2.24) is 15.2 Å². The lowest BCUT2D eigenvalue weighted by Crippen LogP contribution is -2.18. The van der Waals surface area contributed by atoms with Gasteiger partial charge < -0.3 is 4.42 Å². The predicted molar refractivity (Wildman–Crippen MR) is 83.7 cm³/mol. The van der Waals surface area contributed by atoms with Gasteiger partial charge in [-0.25, -0.2) is 4.98 Å². The molecule has 3 rings (SSSR count). The third-order valence-electron chi connectivity index (χ3n) is 3.30. The molecule has 0 aliphatic rings. The van der Waals surface area contributed by atoms with Crippen LogP contribution in [0, 0.1) is 0 Å². The number of carbonyl (C=O) groups is 2. The zero-order valence-electron chi connectivity index (χ0n) is 12.9. The van der Waals surface area contributed by atoms with Gasteiger partial charge in [-0.15, -0.1) is 5.10 Å². The third-order valence-corrected chi connectivity index (χ3v) is 4.33. The van der Waals surface area contributed by atoms with E-state index in [0.29, 0.717) is 10.5 Å². The fourth-order valence-corrected chi connectivity index (χ4v) is 3.00. The van der Waals surface area contributed by atoms with Gasteiger partial charge in [-0.05, 0) is 24.3 Å². The van der Waals surface area contributed by atoms with Crippen molar-refractivity contribution >= 4 is 23.3 Å². The molecule has 0 radical (unpaired) electrons. The number of hydrogen-bond donors (Lipinski definition) is 1. The Bertz CT molecular complexity index is 936. The molecule has 0 amide bonds. The molecule has 0 bridgehead atoms. The summed E-state index contributed by atoms with van der Waals surface area (Å²) in [5.74, 6) is -1.86. The summed E-state index contributed by atoms with van der Waals surface area (Å²) in [4.78, 5) is 27.9. The zero-order valence-corrected chi connectivity index (χ0v) is 13.7. The Labute approximate surface area is 148 Å². The summed E-state index contributed by atoms with van der Waals surface area (Å²) >= 11 is 0.935. The van der Waals surface area contributed by atoms with Gasteiger partial charge in [-0.2, -0.15) is 13.2 Å². The molecule has 134 valence electrons. The van der Waals surface area contributed by atoms with E-state index in [1.807, 2.05) is 0 Å². The Hall–Kier alpha value is -2.88. The highest BCUT2D eigenvalue weighted by Crippen LogP contribution is 2.36. The van der Waals surface area contributed by atoms with E-state index >= 15 is 0 Å². The fraction of sp³-hybridized carbons (Fsp3) is 0.125. The minimum absolute atomic E-state index is 0.237. The van der Waals surface area contributed by atoms with Crippen molar-refractivity contribution in [3.63, 3.8) is 0 Å². The second-order valence-electron chi connectivity index (χ2n) is 5.11. The number of aromatic nitrogens is 3. The predicted octanol–water partition coefficient (Wildman–Crippen LogP) is 3.56. The van der Waals surface area contributed by atoms with E-state index in [1.165, 1.54) is 30.8 Å². The number of halogens is 3. The number of carbonyl (C=O) groups excluding carboxylic acids is 2. The average Bonchev–Trinajstić information content (AvgIpc) is 3.26. The van der Waals surface area contributed by atoms with E-state index in [9.17, 15) is 22.8 Å². The Morgan fingerprint density at radius 3 is 2.73 bits per heavy atom. The van der Waals surface area contributed by atoms with Gasteiger partial charge in [0.1, 0.15) is 6.33 Å². The summed E-state index contributed by atoms with van der Waals surface area (Å²) in [6.45, 7) is 0. The van der Waals surface area contributed by atoms with Gasteiger partial charge >= 0.3 is 6.18 Å². The Balaban J connectivity index is 1.75. The number of Topliss-reactive ketones (excluding diaryl/α,β-unsaturated/α-hetero) is 2. The molecule has 26 heavy (non-hydrogen) atoms. The second-order valence-corrected chi connectivity index (χ2v) is 6.16. The van der Waals surface area contributed by atoms with Crippen LogP contribution in [-0.4, -0.2) is 26.7 Å². The van der Waals surface area contributed by atoms with Gasteiger partial charge in [-0.3, -0.25) is 14.7 Å². The SMILES string of the molecule is O=C(Cc1ccoc1Sc1cccc(C(F)(F)F)c1)C(=O)c1nc[nH]n1. The first kappa shape index (κ1) is 17.9. The number of nitrogens with zero attached hydrogens (tertiary/aromatic N) is 2. The molecular weight excluding hydrogens is 371 g/mol. The van der Waals surface area contributed by atoms with Crippen LogP contribution in [0.1, 0.15) is 21.7 Å². The fourth-order valence-electron chi connectivity index (χ4n) is 2.08. The third kappa shape index (κ3) is 4.02. The van der Waals surface area contributed by atoms with Crippen molar-refractivity contribution in [2.24, 2.45) is 0 Å². The average molecular weight is 381 g/mol. The van der Waals surface area contributed by atoms with Crippen LogP contribution in [0.2, 0.25) is 0 Å². The quantitative estimate of drug-likeness (QED) is 0.519. The Kier molecular flexibility index (Phi) is 4.94. The lowest BCUT2D eigenvalue weighted by molar-refractivity contribution is -0.137. The standard InChI is InChI=1S/C16H10F3N3O3S/c17-16(18,19)10-2-1-3-11(7-10)26-15-9(4-5-25-15)6-12(23)13(24)14-20-8-21-22-14/h1-5,7-8H,6H2,(H,20,21,22). The summed E-state index contributed by atoms with van der Waals surface area (Å²) in [6, 6.07) is 6.21. The van der Waals surface area contributed by atoms with Gasteiger partial charge in [0.2, 0.25) is 11.6 Å². The number of nitrogens with one attached hydrogen (secondary N) is 1. The number of hydrogen-bond acceptors (Lipinski definition) is 6. The van der Waals surface area contributed by atoms with Crippen molar-refractivity contribution in [3.05, 3.63) is 59.9 Å². The van der Waals surface area contributed by atoms with Crippen LogP contribution in [0.5, 0.6) is 0 Å². The number of rotatable bonds is 6. The molecule has 0 fully saturated rings. The normalized spacial score (nSPS) is 11.5. The van der Waals surface area contributed by atoms with Crippen molar-refractivity contribution in [2.45, 2.75) is 22.6 Å². The van der Waals surface area contributed by atoms with E-state index < -0.39 is 23.3 Å². The largest absolute Gasteiger partial charge is 0.457 e. The van der Waals surface area contributed by atoms with E-state index in [4.69, 9.17) is 4.42 Å².